The van der Waals surface area contributed by atoms with E-state index in [2.05, 4.69) is 0 Å². The first kappa shape index (κ1) is 7.41. The van der Waals surface area contributed by atoms with Gasteiger partial charge in [0.05, 0.1) is 5.83 Å². The highest BCUT2D eigenvalue weighted by Crippen LogP contribution is 1.92. The minimum Gasteiger partial charge on any atom is -0.212 e. The summed E-state index contributed by atoms with van der Waals surface area (Å²) in [5.74, 6) is -0.144. The van der Waals surface area contributed by atoms with Crippen LogP contribution in [0.1, 0.15) is 20.3 Å². The lowest BCUT2D eigenvalue weighted by molar-refractivity contribution is 0.640. The third-order valence-electron chi connectivity index (χ3n) is 0.698. The van der Waals surface area contributed by atoms with E-state index in [1.165, 1.54) is 13.0 Å². The molecule has 0 fully saturated rings. The summed E-state index contributed by atoms with van der Waals surface area (Å²) in [6, 6.07) is 0. The van der Waals surface area contributed by atoms with E-state index in [-0.39, 0.29) is 5.83 Å². The topological polar surface area (TPSA) is 0 Å². The molecule has 0 spiro atoms. The Morgan fingerprint density at radius 3 is 2.62 bits per heavy atom. The average Bonchev–Trinajstić information content (AvgIpc) is 1.66. The van der Waals surface area contributed by atoms with Crippen LogP contribution in [-0.4, -0.2) is 0 Å². The molecule has 0 rings (SSSR count). The van der Waals surface area contributed by atoms with E-state index in [4.69, 9.17) is 0 Å². The van der Waals surface area contributed by atoms with Gasteiger partial charge < -0.3 is 0 Å². The molecule has 0 heterocycles. The Morgan fingerprint density at radius 2 is 2.25 bits per heavy atom. The van der Waals surface area contributed by atoms with Crippen molar-refractivity contribution in [3.8, 4) is 0 Å². The van der Waals surface area contributed by atoms with Crippen molar-refractivity contribution in [2.24, 2.45) is 0 Å². The fourth-order valence-corrected chi connectivity index (χ4v) is 0.337. The van der Waals surface area contributed by atoms with Gasteiger partial charge in [-0.05, 0) is 19.4 Å². The van der Waals surface area contributed by atoms with Gasteiger partial charge in [-0.15, -0.1) is 0 Å². The molecule has 0 aliphatic carbocycles. The van der Waals surface area contributed by atoms with Gasteiger partial charge in [0.2, 0.25) is 0 Å². The van der Waals surface area contributed by atoms with Crippen LogP contribution in [0.2, 0.25) is 0 Å². The molecule has 0 aromatic carbocycles. The molecular weight excluding hydrogens is 103 g/mol. The second-order valence-electron chi connectivity index (χ2n) is 1.59. The summed E-state index contributed by atoms with van der Waals surface area (Å²) >= 11 is 0. The van der Waals surface area contributed by atoms with E-state index in [9.17, 15) is 4.39 Å². The predicted molar refractivity (Wildman–Crippen MR) is 34.3 cm³/mol. The molecule has 0 atom stereocenters. The first-order chi connectivity index (χ1) is 3.77. The van der Waals surface area contributed by atoms with Crippen LogP contribution in [0.5, 0.6) is 0 Å². The zero-order valence-electron chi connectivity index (χ0n) is 5.32. The standard InChI is InChI=1S/C7H11F/c1-3-4-5-6-7(2)8/h4-6H,3H2,1-2H3. The Labute approximate surface area is 49.7 Å². The Morgan fingerprint density at radius 1 is 1.62 bits per heavy atom. The molecule has 0 saturated carbocycles. The molecule has 0 aliphatic heterocycles. The fraction of sp³-hybridized carbons (Fsp3) is 0.429. The highest BCUT2D eigenvalue weighted by molar-refractivity contribution is 5.04. The zero-order chi connectivity index (χ0) is 6.41. The Hall–Kier alpha value is -0.590. The third-order valence-corrected chi connectivity index (χ3v) is 0.698. The SMILES string of the molecule is CCC=CC=C(C)F. The summed E-state index contributed by atoms with van der Waals surface area (Å²) in [5.41, 5.74) is 0. The second-order valence-corrected chi connectivity index (χ2v) is 1.59. The van der Waals surface area contributed by atoms with Crippen LogP contribution in [0, 0.1) is 0 Å². The minimum atomic E-state index is -0.144. The number of hydrogen-bond donors (Lipinski definition) is 0. The molecule has 0 aliphatic rings. The van der Waals surface area contributed by atoms with Crippen LogP contribution in [0.25, 0.3) is 0 Å². The van der Waals surface area contributed by atoms with Gasteiger partial charge in [-0.3, -0.25) is 0 Å². The molecule has 1 heteroatoms. The summed E-state index contributed by atoms with van der Waals surface area (Å²) < 4.78 is 11.8. The van der Waals surface area contributed by atoms with E-state index in [0.29, 0.717) is 0 Å². The van der Waals surface area contributed by atoms with Crippen LogP contribution < -0.4 is 0 Å². The predicted octanol–water partition coefficient (Wildman–Crippen LogP) is 2.83. The van der Waals surface area contributed by atoms with Crippen molar-refractivity contribution in [3.63, 3.8) is 0 Å². The Balaban J connectivity index is 3.42. The highest BCUT2D eigenvalue weighted by atomic mass is 19.1. The first-order valence-electron chi connectivity index (χ1n) is 2.76. The van der Waals surface area contributed by atoms with E-state index >= 15 is 0 Å². The van der Waals surface area contributed by atoms with Gasteiger partial charge in [-0.1, -0.05) is 19.1 Å². The molecular formula is C7H11F. The van der Waals surface area contributed by atoms with Crippen molar-refractivity contribution >= 4 is 0 Å². The zero-order valence-corrected chi connectivity index (χ0v) is 5.32. The number of hydrogen-bond acceptors (Lipinski definition) is 0. The molecule has 46 valence electrons. The van der Waals surface area contributed by atoms with Gasteiger partial charge in [0.1, 0.15) is 0 Å². The van der Waals surface area contributed by atoms with E-state index in [1.54, 1.807) is 6.08 Å². The smallest absolute Gasteiger partial charge is 0.0968 e. The van der Waals surface area contributed by atoms with E-state index in [0.717, 1.165) is 6.42 Å². The molecule has 0 radical (unpaired) electrons. The average molecular weight is 114 g/mol. The van der Waals surface area contributed by atoms with Crippen LogP contribution in [-0.2, 0) is 0 Å². The normalized spacial score (nSPS) is 13.1. The van der Waals surface area contributed by atoms with E-state index in [1.807, 2.05) is 13.0 Å². The molecule has 0 unspecified atom stereocenters. The van der Waals surface area contributed by atoms with Gasteiger partial charge >= 0.3 is 0 Å². The third kappa shape index (κ3) is 5.41. The van der Waals surface area contributed by atoms with Crippen molar-refractivity contribution in [3.05, 3.63) is 24.1 Å². The maximum Gasteiger partial charge on any atom is 0.0968 e. The van der Waals surface area contributed by atoms with Gasteiger partial charge in [-0.2, -0.15) is 0 Å². The molecule has 0 saturated heterocycles. The lowest BCUT2D eigenvalue weighted by atomic mass is 10.4. The molecule has 0 aromatic rings. The molecule has 0 bridgehead atoms. The van der Waals surface area contributed by atoms with Gasteiger partial charge in [-0.25, -0.2) is 4.39 Å². The number of allylic oxidation sites excluding steroid dienone is 4. The lowest BCUT2D eigenvalue weighted by Gasteiger charge is -1.76. The highest BCUT2D eigenvalue weighted by Gasteiger charge is 1.72. The molecule has 0 amide bonds. The summed E-state index contributed by atoms with van der Waals surface area (Å²) in [6.45, 7) is 3.44. The quantitative estimate of drug-likeness (QED) is 0.484. The van der Waals surface area contributed by atoms with Crippen molar-refractivity contribution < 1.29 is 4.39 Å². The Kier molecular flexibility index (Phi) is 4.23. The van der Waals surface area contributed by atoms with Crippen molar-refractivity contribution in [1.82, 2.24) is 0 Å². The van der Waals surface area contributed by atoms with Crippen molar-refractivity contribution in [2.45, 2.75) is 20.3 Å². The molecule has 8 heavy (non-hydrogen) atoms. The van der Waals surface area contributed by atoms with Crippen LogP contribution in [0.3, 0.4) is 0 Å². The summed E-state index contributed by atoms with van der Waals surface area (Å²) in [5, 5.41) is 0. The van der Waals surface area contributed by atoms with Crippen LogP contribution in [0.15, 0.2) is 24.1 Å². The fourth-order valence-electron chi connectivity index (χ4n) is 0.337. The molecule has 0 aromatic heterocycles. The Bertz CT molecular complexity index is 97.0. The van der Waals surface area contributed by atoms with Crippen molar-refractivity contribution in [1.29, 1.82) is 0 Å². The van der Waals surface area contributed by atoms with Gasteiger partial charge in [0.15, 0.2) is 0 Å². The maximum absolute atomic E-state index is 11.8. The maximum atomic E-state index is 11.8. The monoisotopic (exact) mass is 114 g/mol. The van der Waals surface area contributed by atoms with Gasteiger partial charge in [0, 0.05) is 0 Å². The largest absolute Gasteiger partial charge is 0.212 e. The van der Waals surface area contributed by atoms with Crippen LogP contribution in [0.4, 0.5) is 4.39 Å². The van der Waals surface area contributed by atoms with E-state index < -0.39 is 0 Å². The first-order valence-corrected chi connectivity index (χ1v) is 2.76. The summed E-state index contributed by atoms with van der Waals surface area (Å²) in [7, 11) is 0. The number of rotatable bonds is 2. The summed E-state index contributed by atoms with van der Waals surface area (Å²) in [4.78, 5) is 0. The number of halogens is 1. The molecule has 0 nitrogen and oxygen atoms in total. The summed E-state index contributed by atoms with van der Waals surface area (Å²) in [6.07, 6.45) is 6.03. The van der Waals surface area contributed by atoms with Crippen molar-refractivity contribution in [2.75, 3.05) is 0 Å². The minimum absolute atomic E-state index is 0.144. The molecule has 0 N–H and O–H groups in total. The van der Waals surface area contributed by atoms with Crippen LogP contribution >= 0.6 is 0 Å². The lowest BCUT2D eigenvalue weighted by Crippen LogP contribution is -1.56. The van der Waals surface area contributed by atoms with Gasteiger partial charge in [0.25, 0.3) is 0 Å². The second kappa shape index (κ2) is 4.57.